The van der Waals surface area contributed by atoms with Crippen LogP contribution >= 0.6 is 0 Å². The Morgan fingerprint density at radius 2 is 2.19 bits per heavy atom. The first-order valence-electron chi connectivity index (χ1n) is 6.68. The maximum Gasteiger partial charge on any atom is 0.326 e. The summed E-state index contributed by atoms with van der Waals surface area (Å²) in [5.74, 6) is -0.323. The van der Waals surface area contributed by atoms with Gasteiger partial charge in [-0.25, -0.2) is 0 Å². The number of rotatable bonds is 8. The van der Waals surface area contributed by atoms with E-state index in [2.05, 4.69) is 10.1 Å². The first-order valence-corrected chi connectivity index (χ1v) is 6.68. The van der Waals surface area contributed by atoms with Crippen LogP contribution in [0.5, 0.6) is 5.75 Å². The molecule has 0 aromatic heterocycles. The van der Waals surface area contributed by atoms with Gasteiger partial charge in [-0.2, -0.15) is 0 Å². The van der Waals surface area contributed by atoms with E-state index in [1.165, 1.54) is 19.2 Å². The number of aryl methyl sites for hydroxylation is 1. The molecule has 1 atom stereocenters. The number of nitro groups is 1. The normalized spacial score (nSPS) is 11.8. The molecular weight excluding hydrogens is 276 g/mol. The van der Waals surface area contributed by atoms with E-state index in [0.717, 1.165) is 12.0 Å². The van der Waals surface area contributed by atoms with Crippen LogP contribution in [0.2, 0.25) is 0 Å². The molecule has 7 heteroatoms. The van der Waals surface area contributed by atoms with Gasteiger partial charge in [-0.3, -0.25) is 14.9 Å². The van der Waals surface area contributed by atoms with Gasteiger partial charge in [-0.05, 0) is 31.5 Å². The summed E-state index contributed by atoms with van der Waals surface area (Å²) in [5, 5.41) is 14.0. The zero-order chi connectivity index (χ0) is 15.8. The first kappa shape index (κ1) is 16.9. The summed E-state index contributed by atoms with van der Waals surface area (Å²) in [6.45, 7) is 4.32. The van der Waals surface area contributed by atoms with E-state index in [1.54, 1.807) is 13.0 Å². The van der Waals surface area contributed by atoms with Gasteiger partial charge < -0.3 is 14.8 Å². The number of nitrogens with one attached hydrogen (secondary N) is 1. The minimum Gasteiger partial charge on any atom is -0.485 e. The van der Waals surface area contributed by atoms with Crippen molar-refractivity contribution in [1.82, 2.24) is 5.32 Å². The standard InChI is InChI=1S/C14H20N2O5/c1-4-7-15-11(14(17)20-3)9-21-13-6-5-10(2)8-12(13)16(18)19/h5-6,8,11,15H,4,7,9H2,1-3H3. The monoisotopic (exact) mass is 296 g/mol. The lowest BCUT2D eigenvalue weighted by molar-refractivity contribution is -0.385. The Bertz CT molecular complexity index is 504. The Morgan fingerprint density at radius 3 is 2.76 bits per heavy atom. The minimum atomic E-state index is -0.657. The van der Waals surface area contributed by atoms with Crippen LogP contribution in [0.4, 0.5) is 5.69 Å². The number of nitro benzene ring substituents is 1. The van der Waals surface area contributed by atoms with Gasteiger partial charge in [0, 0.05) is 6.07 Å². The van der Waals surface area contributed by atoms with E-state index in [4.69, 9.17) is 4.74 Å². The molecule has 1 unspecified atom stereocenters. The van der Waals surface area contributed by atoms with Crippen LogP contribution < -0.4 is 10.1 Å². The molecule has 1 aromatic carbocycles. The quantitative estimate of drug-likeness (QED) is 0.447. The fraction of sp³-hybridized carbons (Fsp3) is 0.500. The maximum atomic E-state index is 11.6. The van der Waals surface area contributed by atoms with Gasteiger partial charge in [0.05, 0.1) is 12.0 Å². The molecule has 0 spiro atoms. The Balaban J connectivity index is 2.79. The van der Waals surface area contributed by atoms with Crippen LogP contribution in [0, 0.1) is 17.0 Å². The molecule has 116 valence electrons. The number of esters is 1. The molecule has 1 N–H and O–H groups in total. The molecule has 0 bridgehead atoms. The summed E-state index contributed by atoms with van der Waals surface area (Å²) < 4.78 is 10.1. The van der Waals surface area contributed by atoms with Gasteiger partial charge in [0.2, 0.25) is 0 Å². The van der Waals surface area contributed by atoms with Crippen LogP contribution in [-0.4, -0.2) is 37.2 Å². The molecule has 0 fully saturated rings. The zero-order valence-electron chi connectivity index (χ0n) is 12.4. The Morgan fingerprint density at radius 1 is 1.48 bits per heavy atom. The summed E-state index contributed by atoms with van der Waals surface area (Å²) in [6, 6.07) is 4.02. The van der Waals surface area contributed by atoms with Crippen molar-refractivity contribution < 1.29 is 19.2 Å². The topological polar surface area (TPSA) is 90.7 Å². The third-order valence-electron chi connectivity index (χ3n) is 2.84. The second kappa shape index (κ2) is 8.21. The summed E-state index contributed by atoms with van der Waals surface area (Å²) >= 11 is 0. The van der Waals surface area contributed by atoms with Crippen molar-refractivity contribution in [3.8, 4) is 5.75 Å². The molecule has 1 rings (SSSR count). The third-order valence-corrected chi connectivity index (χ3v) is 2.84. The van der Waals surface area contributed by atoms with Crippen molar-refractivity contribution in [1.29, 1.82) is 0 Å². The molecule has 0 amide bonds. The zero-order valence-corrected chi connectivity index (χ0v) is 12.4. The average Bonchev–Trinajstić information content (AvgIpc) is 2.47. The van der Waals surface area contributed by atoms with Gasteiger partial charge in [0.15, 0.2) is 5.75 Å². The predicted molar refractivity (Wildman–Crippen MR) is 77.4 cm³/mol. The fourth-order valence-electron chi connectivity index (χ4n) is 1.74. The average molecular weight is 296 g/mol. The molecule has 0 radical (unpaired) electrons. The summed E-state index contributed by atoms with van der Waals surface area (Å²) in [6.07, 6.45) is 0.845. The second-order valence-corrected chi connectivity index (χ2v) is 4.57. The number of hydrogen-bond acceptors (Lipinski definition) is 6. The van der Waals surface area contributed by atoms with Crippen molar-refractivity contribution in [2.75, 3.05) is 20.3 Å². The molecule has 21 heavy (non-hydrogen) atoms. The number of benzene rings is 1. The number of carbonyl (C=O) groups excluding carboxylic acids is 1. The highest BCUT2D eigenvalue weighted by molar-refractivity contribution is 5.75. The van der Waals surface area contributed by atoms with E-state index in [0.29, 0.717) is 6.54 Å². The molecule has 0 aliphatic rings. The van der Waals surface area contributed by atoms with Crippen LogP contribution in [-0.2, 0) is 9.53 Å². The summed E-state index contributed by atoms with van der Waals surface area (Å²) in [4.78, 5) is 22.1. The highest BCUT2D eigenvalue weighted by atomic mass is 16.6. The van der Waals surface area contributed by atoms with Crippen molar-refractivity contribution in [2.24, 2.45) is 0 Å². The second-order valence-electron chi connectivity index (χ2n) is 4.57. The van der Waals surface area contributed by atoms with E-state index >= 15 is 0 Å². The van der Waals surface area contributed by atoms with Crippen LogP contribution in [0.1, 0.15) is 18.9 Å². The minimum absolute atomic E-state index is 0.0312. The molecule has 0 saturated heterocycles. The molecule has 0 saturated carbocycles. The van der Waals surface area contributed by atoms with Crippen LogP contribution in [0.15, 0.2) is 18.2 Å². The maximum absolute atomic E-state index is 11.6. The van der Waals surface area contributed by atoms with E-state index < -0.39 is 16.9 Å². The smallest absolute Gasteiger partial charge is 0.326 e. The Hall–Kier alpha value is -2.15. The lowest BCUT2D eigenvalue weighted by Gasteiger charge is -2.16. The van der Waals surface area contributed by atoms with Crippen molar-refractivity contribution in [3.05, 3.63) is 33.9 Å². The van der Waals surface area contributed by atoms with Gasteiger partial charge in [-0.1, -0.05) is 13.0 Å². The van der Waals surface area contributed by atoms with E-state index in [1.807, 2.05) is 6.92 Å². The largest absolute Gasteiger partial charge is 0.485 e. The fourth-order valence-corrected chi connectivity index (χ4v) is 1.74. The highest BCUT2D eigenvalue weighted by Crippen LogP contribution is 2.27. The Kier molecular flexibility index (Phi) is 6.61. The van der Waals surface area contributed by atoms with Crippen LogP contribution in [0.3, 0.4) is 0 Å². The summed E-state index contributed by atoms with van der Waals surface area (Å²) in [7, 11) is 1.29. The van der Waals surface area contributed by atoms with Gasteiger partial charge in [0.25, 0.3) is 0 Å². The lowest BCUT2D eigenvalue weighted by Crippen LogP contribution is -2.42. The van der Waals surface area contributed by atoms with Crippen molar-refractivity contribution in [3.63, 3.8) is 0 Å². The lowest BCUT2D eigenvalue weighted by atomic mass is 10.2. The van der Waals surface area contributed by atoms with Crippen molar-refractivity contribution >= 4 is 11.7 Å². The SMILES string of the molecule is CCCNC(COc1ccc(C)cc1[N+](=O)[O-])C(=O)OC. The van der Waals surface area contributed by atoms with E-state index in [-0.39, 0.29) is 18.0 Å². The van der Waals surface area contributed by atoms with Gasteiger partial charge in [0.1, 0.15) is 12.6 Å². The van der Waals surface area contributed by atoms with Crippen LogP contribution in [0.25, 0.3) is 0 Å². The molecule has 0 heterocycles. The number of methoxy groups -OCH3 is 1. The van der Waals surface area contributed by atoms with Gasteiger partial charge in [-0.15, -0.1) is 0 Å². The Labute approximate surface area is 123 Å². The number of ether oxygens (including phenoxy) is 2. The summed E-state index contributed by atoms with van der Waals surface area (Å²) in [5.41, 5.74) is 0.650. The first-order chi connectivity index (χ1) is 9.99. The number of nitrogens with zero attached hydrogens (tertiary/aromatic N) is 1. The molecule has 0 aliphatic heterocycles. The molecular formula is C14H20N2O5. The predicted octanol–water partition coefficient (Wildman–Crippen LogP) is 1.82. The van der Waals surface area contributed by atoms with Crippen molar-refractivity contribution in [2.45, 2.75) is 26.3 Å². The highest BCUT2D eigenvalue weighted by Gasteiger charge is 2.22. The molecule has 7 nitrogen and oxygen atoms in total. The van der Waals surface area contributed by atoms with E-state index in [9.17, 15) is 14.9 Å². The number of hydrogen-bond donors (Lipinski definition) is 1. The molecule has 1 aromatic rings. The number of carbonyl (C=O) groups is 1. The third kappa shape index (κ3) is 5.03. The molecule has 0 aliphatic carbocycles. The van der Waals surface area contributed by atoms with Gasteiger partial charge >= 0.3 is 11.7 Å².